The molecule has 1 aliphatic carbocycles. The minimum Gasteiger partial charge on any atom is -0.488 e. The molecule has 1 fully saturated rings. The number of carbonyl (C=O) groups is 1. The van der Waals surface area contributed by atoms with Crippen LogP contribution in [-0.4, -0.2) is 58.5 Å². The molecule has 1 saturated heterocycles. The largest absolute Gasteiger partial charge is 0.488 e. The zero-order valence-corrected chi connectivity index (χ0v) is 24.3. The number of amides is 1. The molecule has 6 rings (SSSR count). The maximum absolute atomic E-state index is 15.8. The average molecular weight is 588 g/mol. The molecule has 3 aromatic rings. The van der Waals surface area contributed by atoms with Gasteiger partial charge >= 0.3 is 5.91 Å². The first-order valence-electron chi connectivity index (χ1n) is 14.6. The molecule has 4 heterocycles. The number of benzene rings is 1. The Labute approximate surface area is 249 Å². The van der Waals surface area contributed by atoms with Crippen molar-refractivity contribution in [1.29, 1.82) is 0 Å². The van der Waals surface area contributed by atoms with E-state index in [0.29, 0.717) is 35.3 Å². The van der Waals surface area contributed by atoms with Gasteiger partial charge in [0.1, 0.15) is 23.7 Å². The Morgan fingerprint density at radius 2 is 2.02 bits per heavy atom. The number of rotatable bonds is 8. The maximum atomic E-state index is 15.8. The van der Waals surface area contributed by atoms with Gasteiger partial charge in [-0.1, -0.05) is 24.3 Å². The number of carbonyl (C=O) groups excluding carboxylic acids is 1. The van der Waals surface area contributed by atoms with Gasteiger partial charge in [0.05, 0.1) is 19.0 Å². The molecule has 224 valence electrons. The van der Waals surface area contributed by atoms with Gasteiger partial charge in [-0.25, -0.2) is 9.37 Å². The van der Waals surface area contributed by atoms with Gasteiger partial charge in [-0.2, -0.15) is 9.78 Å². The van der Waals surface area contributed by atoms with Crippen LogP contribution in [0.15, 0.2) is 59.1 Å². The van der Waals surface area contributed by atoms with Gasteiger partial charge in [0.15, 0.2) is 5.82 Å². The minimum absolute atomic E-state index is 0.0512. The molecule has 11 heteroatoms. The molecule has 2 aromatic heterocycles. The normalized spacial score (nSPS) is 17.8. The van der Waals surface area contributed by atoms with E-state index in [0.717, 1.165) is 74.3 Å². The molecule has 0 saturated carbocycles. The fourth-order valence-electron chi connectivity index (χ4n) is 6.18. The van der Waals surface area contributed by atoms with Crippen LogP contribution in [0.5, 0.6) is 5.88 Å². The van der Waals surface area contributed by atoms with Crippen molar-refractivity contribution >= 4 is 11.5 Å². The number of aromatic nitrogens is 3. The second-order valence-electron chi connectivity index (χ2n) is 11.1. The summed E-state index contributed by atoms with van der Waals surface area (Å²) in [6.07, 6.45) is 7.66. The molecule has 2 aliphatic heterocycles. The summed E-state index contributed by atoms with van der Waals surface area (Å²) in [5.74, 6) is -0.0290. The molecule has 0 N–H and O–H groups in total. The summed E-state index contributed by atoms with van der Waals surface area (Å²) in [5, 5.41) is 6.67. The quantitative estimate of drug-likeness (QED) is 0.317. The number of halogens is 1. The first kappa shape index (κ1) is 28.9. The summed E-state index contributed by atoms with van der Waals surface area (Å²) in [6, 6.07) is 9.78. The lowest BCUT2D eigenvalue weighted by Crippen LogP contribution is -2.42. The minimum atomic E-state index is -0.977. The van der Waals surface area contributed by atoms with E-state index in [1.807, 2.05) is 31.2 Å². The van der Waals surface area contributed by atoms with Crippen LogP contribution in [-0.2, 0) is 29.0 Å². The first-order chi connectivity index (χ1) is 21.0. The Balaban J connectivity index is 1.21. The highest BCUT2D eigenvalue weighted by Gasteiger charge is 2.28. The molecule has 0 radical (unpaired) electrons. The Bertz CT molecular complexity index is 1610. The molecule has 0 bridgehead atoms. The van der Waals surface area contributed by atoms with E-state index in [1.165, 1.54) is 18.0 Å². The highest BCUT2D eigenvalue weighted by molar-refractivity contribution is 5.97. The summed E-state index contributed by atoms with van der Waals surface area (Å²) < 4.78 is 34.3. The first-order valence-corrected chi connectivity index (χ1v) is 14.6. The summed E-state index contributed by atoms with van der Waals surface area (Å²) in [5.41, 5.74) is 4.81. The van der Waals surface area contributed by atoms with Crippen LogP contribution in [0, 0.1) is 10.7 Å². The Kier molecular flexibility index (Phi) is 8.44. The number of ether oxygens (including phenoxy) is 3. The van der Waals surface area contributed by atoms with Crippen molar-refractivity contribution in [2.45, 2.75) is 58.2 Å². The number of fused-ring (bicyclic) bond motifs is 1. The van der Waals surface area contributed by atoms with Gasteiger partial charge in [0.2, 0.25) is 5.88 Å². The van der Waals surface area contributed by atoms with Crippen LogP contribution in [0.2, 0.25) is 0 Å². The third-order valence-corrected chi connectivity index (χ3v) is 8.48. The number of nitrogens with zero attached hydrogens (tertiary/aromatic N) is 5. The predicted molar refractivity (Wildman–Crippen MR) is 157 cm³/mol. The van der Waals surface area contributed by atoms with Gasteiger partial charge in [0, 0.05) is 48.7 Å². The molecule has 0 atom stereocenters. The summed E-state index contributed by atoms with van der Waals surface area (Å²) in [4.78, 5) is 29.9. The standard InChI is InChI=1S/C32H34FN5O5/c1-20-5-3-6-25(27-7-4-8-28(35-27)38-32(41-2)26(17-34-38)31(39)36-40)30(20)43-19-22-10-9-21-18-37(14-11-24(21)29(22)33)23-12-15-42-16-13-23/h4,6-10,17,23H,3,5,11-16,18-19H2,1-2H3. The summed E-state index contributed by atoms with van der Waals surface area (Å²) in [6.45, 7) is 5.32. The lowest BCUT2D eigenvalue weighted by Gasteiger charge is -2.37. The van der Waals surface area contributed by atoms with Crippen LogP contribution >= 0.6 is 0 Å². The van der Waals surface area contributed by atoms with Gasteiger partial charge in [-0.05, 0) is 67.9 Å². The van der Waals surface area contributed by atoms with E-state index in [4.69, 9.17) is 19.2 Å². The van der Waals surface area contributed by atoms with E-state index >= 15 is 4.39 Å². The Hall–Kier alpha value is -4.22. The number of allylic oxidation sites excluding steroid dienone is 3. The molecule has 1 amide bonds. The summed E-state index contributed by atoms with van der Waals surface area (Å²) in [7, 11) is 1.38. The van der Waals surface area contributed by atoms with Crippen molar-refractivity contribution in [2.75, 3.05) is 26.9 Å². The van der Waals surface area contributed by atoms with Crippen LogP contribution < -0.4 is 4.74 Å². The molecular formula is C32H34FN5O5. The van der Waals surface area contributed by atoms with Gasteiger partial charge < -0.3 is 14.2 Å². The van der Waals surface area contributed by atoms with E-state index in [9.17, 15) is 9.70 Å². The molecule has 3 aliphatic rings. The Morgan fingerprint density at radius 3 is 2.81 bits per heavy atom. The van der Waals surface area contributed by atoms with Gasteiger partial charge in [-0.15, -0.1) is 4.91 Å². The molecule has 10 nitrogen and oxygen atoms in total. The van der Waals surface area contributed by atoms with E-state index in [2.05, 4.69) is 21.3 Å². The number of hydrogen-bond donors (Lipinski definition) is 0. The van der Waals surface area contributed by atoms with Crippen molar-refractivity contribution in [1.82, 2.24) is 19.7 Å². The summed E-state index contributed by atoms with van der Waals surface area (Å²) >= 11 is 0. The van der Waals surface area contributed by atoms with Crippen LogP contribution in [0.3, 0.4) is 0 Å². The van der Waals surface area contributed by atoms with Crippen LogP contribution in [0.25, 0.3) is 11.4 Å². The van der Waals surface area contributed by atoms with Crippen molar-refractivity contribution < 1.29 is 23.4 Å². The van der Waals surface area contributed by atoms with Crippen LogP contribution in [0.4, 0.5) is 4.39 Å². The van der Waals surface area contributed by atoms with Crippen molar-refractivity contribution in [3.05, 3.63) is 92.6 Å². The fraction of sp³-hybridized carbons (Fsp3) is 0.406. The second-order valence-corrected chi connectivity index (χ2v) is 11.1. The van der Waals surface area contributed by atoms with E-state index in [1.54, 1.807) is 6.07 Å². The molecule has 0 spiro atoms. The monoisotopic (exact) mass is 587 g/mol. The number of pyridine rings is 1. The zero-order valence-electron chi connectivity index (χ0n) is 24.3. The molecule has 0 unspecified atom stereocenters. The predicted octanol–water partition coefficient (Wildman–Crippen LogP) is 5.53. The SMILES string of the molecule is COc1c(C(=O)N=O)cnn1-c1cccc(C2=CCCC(C)=C2OCc2ccc3c(c2F)CCN(C2CCOCC2)C3)n1. The highest BCUT2D eigenvalue weighted by atomic mass is 19.1. The lowest BCUT2D eigenvalue weighted by molar-refractivity contribution is 0.0288. The van der Waals surface area contributed by atoms with E-state index in [-0.39, 0.29) is 23.9 Å². The van der Waals surface area contributed by atoms with Crippen molar-refractivity contribution in [3.63, 3.8) is 0 Å². The van der Waals surface area contributed by atoms with E-state index < -0.39 is 5.91 Å². The second kappa shape index (κ2) is 12.6. The smallest absolute Gasteiger partial charge is 0.323 e. The number of nitroso groups, excluding NO2 is 1. The van der Waals surface area contributed by atoms with Crippen molar-refractivity contribution in [2.24, 2.45) is 5.18 Å². The Morgan fingerprint density at radius 1 is 1.19 bits per heavy atom. The maximum Gasteiger partial charge on any atom is 0.323 e. The zero-order chi connectivity index (χ0) is 29.9. The van der Waals surface area contributed by atoms with Crippen LogP contribution in [0.1, 0.15) is 65.3 Å². The molecule has 1 aromatic carbocycles. The third kappa shape index (κ3) is 5.74. The number of hydrogen-bond acceptors (Lipinski definition) is 8. The third-order valence-electron chi connectivity index (χ3n) is 8.48. The fourth-order valence-corrected chi connectivity index (χ4v) is 6.18. The highest BCUT2D eigenvalue weighted by Crippen LogP contribution is 2.35. The van der Waals surface area contributed by atoms with Gasteiger partial charge in [-0.3, -0.25) is 9.69 Å². The van der Waals surface area contributed by atoms with Crippen molar-refractivity contribution in [3.8, 4) is 11.7 Å². The van der Waals surface area contributed by atoms with Gasteiger partial charge in [0.25, 0.3) is 0 Å². The molecule has 43 heavy (non-hydrogen) atoms. The molecular weight excluding hydrogens is 553 g/mol. The lowest BCUT2D eigenvalue weighted by atomic mass is 9.94. The topological polar surface area (TPSA) is 108 Å². The average Bonchev–Trinajstić information content (AvgIpc) is 3.49. The number of methoxy groups -OCH3 is 1.